The largest absolute Gasteiger partial charge is 0.309 e. The van der Waals surface area contributed by atoms with E-state index in [-0.39, 0.29) is 0 Å². The SMILES string of the molecule is CC#CCC(NCC)c1cc(Br)cs1. The molecule has 1 nitrogen and oxygen atoms in total. The Morgan fingerprint density at radius 1 is 1.64 bits per heavy atom. The molecule has 0 saturated carbocycles. The van der Waals surface area contributed by atoms with Crippen molar-refractivity contribution in [2.75, 3.05) is 6.54 Å². The smallest absolute Gasteiger partial charge is 0.0525 e. The average Bonchev–Trinajstić information content (AvgIpc) is 2.59. The van der Waals surface area contributed by atoms with Gasteiger partial charge >= 0.3 is 0 Å². The highest BCUT2D eigenvalue weighted by Crippen LogP contribution is 2.27. The molecular formula is C11H14BrNS. The molecule has 1 N–H and O–H groups in total. The Labute approximate surface area is 98.0 Å². The van der Waals surface area contributed by atoms with E-state index in [1.807, 2.05) is 6.92 Å². The van der Waals surface area contributed by atoms with Crippen LogP contribution in [0.3, 0.4) is 0 Å². The van der Waals surface area contributed by atoms with E-state index in [1.54, 1.807) is 11.3 Å². The quantitative estimate of drug-likeness (QED) is 0.826. The highest BCUT2D eigenvalue weighted by molar-refractivity contribution is 9.10. The van der Waals surface area contributed by atoms with E-state index >= 15 is 0 Å². The third-order valence-corrected chi connectivity index (χ3v) is 3.67. The molecule has 76 valence electrons. The highest BCUT2D eigenvalue weighted by Gasteiger charge is 2.10. The van der Waals surface area contributed by atoms with Crippen LogP contribution in [0.1, 0.15) is 31.2 Å². The van der Waals surface area contributed by atoms with Gasteiger partial charge < -0.3 is 5.32 Å². The first-order chi connectivity index (χ1) is 6.77. The zero-order chi connectivity index (χ0) is 10.4. The number of thiophene rings is 1. The summed E-state index contributed by atoms with van der Waals surface area (Å²) in [6.45, 7) is 4.98. The molecule has 0 radical (unpaired) electrons. The van der Waals surface area contributed by atoms with Gasteiger partial charge in [0.1, 0.15) is 0 Å². The molecule has 0 amide bonds. The second-order valence-corrected chi connectivity index (χ2v) is 4.77. The Balaban J connectivity index is 2.69. The monoisotopic (exact) mass is 271 g/mol. The van der Waals surface area contributed by atoms with E-state index in [9.17, 15) is 0 Å². The lowest BCUT2D eigenvalue weighted by molar-refractivity contribution is 0.574. The molecule has 0 aliphatic rings. The molecule has 0 aromatic carbocycles. The highest BCUT2D eigenvalue weighted by atomic mass is 79.9. The first kappa shape index (κ1) is 11.8. The second-order valence-electron chi connectivity index (χ2n) is 2.91. The van der Waals surface area contributed by atoms with Gasteiger partial charge in [0.2, 0.25) is 0 Å². The van der Waals surface area contributed by atoms with Crippen LogP contribution in [0.4, 0.5) is 0 Å². The minimum atomic E-state index is 0.378. The van der Waals surface area contributed by atoms with Crippen molar-refractivity contribution in [3.8, 4) is 11.8 Å². The summed E-state index contributed by atoms with van der Waals surface area (Å²) in [6.07, 6.45) is 0.886. The van der Waals surface area contributed by atoms with Crippen molar-refractivity contribution in [3.05, 3.63) is 20.8 Å². The van der Waals surface area contributed by atoms with E-state index in [2.05, 4.69) is 51.5 Å². The molecule has 1 rings (SSSR count). The fourth-order valence-electron chi connectivity index (χ4n) is 1.23. The fourth-order valence-corrected chi connectivity index (χ4v) is 2.76. The summed E-state index contributed by atoms with van der Waals surface area (Å²) in [6, 6.07) is 2.54. The lowest BCUT2D eigenvalue weighted by atomic mass is 10.2. The summed E-state index contributed by atoms with van der Waals surface area (Å²) in [4.78, 5) is 1.35. The molecule has 0 spiro atoms. The van der Waals surface area contributed by atoms with Crippen LogP contribution in [-0.4, -0.2) is 6.54 Å². The van der Waals surface area contributed by atoms with E-state index in [1.165, 1.54) is 4.88 Å². The van der Waals surface area contributed by atoms with Gasteiger partial charge in [-0.2, -0.15) is 0 Å². The maximum atomic E-state index is 3.47. The van der Waals surface area contributed by atoms with Crippen molar-refractivity contribution in [3.63, 3.8) is 0 Å². The summed E-state index contributed by atoms with van der Waals surface area (Å²) >= 11 is 5.24. The molecule has 1 heterocycles. The molecule has 0 bridgehead atoms. The van der Waals surface area contributed by atoms with Gasteiger partial charge in [-0.1, -0.05) is 6.92 Å². The van der Waals surface area contributed by atoms with Crippen LogP contribution in [0, 0.1) is 11.8 Å². The van der Waals surface area contributed by atoms with E-state index in [0.717, 1.165) is 17.4 Å². The lowest BCUT2D eigenvalue weighted by Gasteiger charge is -2.12. The van der Waals surface area contributed by atoms with Gasteiger partial charge in [-0.15, -0.1) is 23.2 Å². The molecule has 1 aromatic heterocycles. The first-order valence-corrected chi connectivity index (χ1v) is 6.32. The molecular weight excluding hydrogens is 258 g/mol. The van der Waals surface area contributed by atoms with Crippen molar-refractivity contribution >= 4 is 27.3 Å². The molecule has 14 heavy (non-hydrogen) atoms. The minimum Gasteiger partial charge on any atom is -0.309 e. The van der Waals surface area contributed by atoms with E-state index in [0.29, 0.717) is 6.04 Å². The van der Waals surface area contributed by atoms with Crippen molar-refractivity contribution in [2.24, 2.45) is 0 Å². The summed E-state index contributed by atoms with van der Waals surface area (Å²) < 4.78 is 1.16. The van der Waals surface area contributed by atoms with Crippen molar-refractivity contribution in [2.45, 2.75) is 26.3 Å². The third kappa shape index (κ3) is 3.45. The van der Waals surface area contributed by atoms with Crippen LogP contribution in [0.25, 0.3) is 0 Å². The van der Waals surface area contributed by atoms with Gasteiger partial charge in [0, 0.05) is 21.2 Å². The van der Waals surface area contributed by atoms with Gasteiger partial charge in [-0.05, 0) is 35.5 Å². The van der Waals surface area contributed by atoms with Crippen LogP contribution >= 0.6 is 27.3 Å². The average molecular weight is 272 g/mol. The zero-order valence-electron chi connectivity index (χ0n) is 8.43. The minimum absolute atomic E-state index is 0.378. The Bertz CT molecular complexity index is 335. The van der Waals surface area contributed by atoms with Crippen LogP contribution in [0.15, 0.2) is 15.9 Å². The number of halogens is 1. The zero-order valence-corrected chi connectivity index (χ0v) is 10.8. The van der Waals surface area contributed by atoms with Gasteiger partial charge in [-0.3, -0.25) is 0 Å². The summed E-state index contributed by atoms with van der Waals surface area (Å²) in [5, 5.41) is 5.54. The Morgan fingerprint density at radius 3 is 2.93 bits per heavy atom. The third-order valence-electron chi connectivity index (χ3n) is 1.86. The Hall–Kier alpha value is -0.300. The van der Waals surface area contributed by atoms with E-state index < -0.39 is 0 Å². The van der Waals surface area contributed by atoms with Crippen molar-refractivity contribution in [1.82, 2.24) is 5.32 Å². The standard InChI is InChI=1S/C11H14BrNS/c1-3-5-6-10(13-4-2)11-7-9(12)8-14-11/h7-8,10,13H,4,6H2,1-2H3. The summed E-state index contributed by atoms with van der Waals surface area (Å²) in [5.41, 5.74) is 0. The first-order valence-electron chi connectivity index (χ1n) is 4.64. The number of hydrogen-bond donors (Lipinski definition) is 1. The molecule has 0 fully saturated rings. The maximum absolute atomic E-state index is 3.47. The number of rotatable bonds is 4. The second kappa shape index (κ2) is 6.23. The maximum Gasteiger partial charge on any atom is 0.0525 e. The lowest BCUT2D eigenvalue weighted by Crippen LogP contribution is -2.19. The van der Waals surface area contributed by atoms with Crippen molar-refractivity contribution in [1.29, 1.82) is 0 Å². The fraction of sp³-hybridized carbons (Fsp3) is 0.455. The van der Waals surface area contributed by atoms with Crippen LogP contribution in [0.5, 0.6) is 0 Å². The van der Waals surface area contributed by atoms with Crippen LogP contribution in [0.2, 0.25) is 0 Å². The molecule has 0 saturated heterocycles. The van der Waals surface area contributed by atoms with Crippen LogP contribution in [-0.2, 0) is 0 Å². The predicted molar refractivity (Wildman–Crippen MR) is 66.5 cm³/mol. The molecule has 3 heteroatoms. The summed E-state index contributed by atoms with van der Waals surface area (Å²) in [5.74, 6) is 6.06. The molecule has 1 aromatic rings. The molecule has 1 atom stereocenters. The molecule has 0 aliphatic heterocycles. The summed E-state index contributed by atoms with van der Waals surface area (Å²) in [7, 11) is 0. The topological polar surface area (TPSA) is 12.0 Å². The number of hydrogen-bond acceptors (Lipinski definition) is 2. The van der Waals surface area contributed by atoms with Crippen molar-refractivity contribution < 1.29 is 0 Å². The predicted octanol–water partition coefficient (Wildman–Crippen LogP) is 3.57. The van der Waals surface area contributed by atoms with Gasteiger partial charge in [0.15, 0.2) is 0 Å². The Morgan fingerprint density at radius 2 is 2.43 bits per heavy atom. The Kier molecular flexibility index (Phi) is 5.24. The normalized spacial score (nSPS) is 11.9. The van der Waals surface area contributed by atoms with Gasteiger partial charge in [-0.25, -0.2) is 0 Å². The van der Waals surface area contributed by atoms with Gasteiger partial charge in [0.25, 0.3) is 0 Å². The van der Waals surface area contributed by atoms with Crippen LogP contribution < -0.4 is 5.32 Å². The van der Waals surface area contributed by atoms with E-state index in [4.69, 9.17) is 0 Å². The molecule has 1 unspecified atom stereocenters. The number of nitrogens with one attached hydrogen (secondary N) is 1. The molecule has 0 aliphatic carbocycles. The van der Waals surface area contributed by atoms with Gasteiger partial charge in [0.05, 0.1) is 6.04 Å².